The van der Waals surface area contributed by atoms with Gasteiger partial charge in [0, 0.05) is 30.1 Å². The molecule has 3 atom stereocenters. The maximum Gasteiger partial charge on any atom is 0.407 e. The van der Waals surface area contributed by atoms with Gasteiger partial charge in [0.1, 0.15) is 11.6 Å². The summed E-state index contributed by atoms with van der Waals surface area (Å²) in [5.74, 6) is 1.14. The normalized spacial score (nSPS) is 22.8. The Balaban J connectivity index is 1.31. The number of fused-ring (bicyclic) bond motifs is 3. The minimum absolute atomic E-state index is 0.0258. The SMILES string of the molecule is CC(C)NC(=O)OC1COC(c2cc(Nc3nccn4nc5c(c34)CCCC5)n[nH]2)C1F. The summed E-state index contributed by atoms with van der Waals surface area (Å²) >= 11 is 0. The number of hydrogen-bond acceptors (Lipinski definition) is 7. The van der Waals surface area contributed by atoms with Gasteiger partial charge in [-0.05, 0) is 39.5 Å². The third kappa shape index (κ3) is 3.88. The number of nitrogens with one attached hydrogen (secondary N) is 3. The number of aromatic nitrogens is 5. The number of rotatable bonds is 5. The molecule has 170 valence electrons. The number of carbonyl (C=O) groups is 1. The van der Waals surface area contributed by atoms with Crippen LogP contribution in [0.15, 0.2) is 18.5 Å². The maximum atomic E-state index is 14.9. The van der Waals surface area contributed by atoms with Gasteiger partial charge in [-0.25, -0.2) is 18.7 Å². The highest BCUT2D eigenvalue weighted by atomic mass is 19.1. The summed E-state index contributed by atoms with van der Waals surface area (Å²) in [4.78, 5) is 16.3. The van der Waals surface area contributed by atoms with Crippen LogP contribution < -0.4 is 10.6 Å². The number of amides is 1. The van der Waals surface area contributed by atoms with Crippen LogP contribution in [-0.2, 0) is 22.3 Å². The van der Waals surface area contributed by atoms with Crippen LogP contribution in [0.25, 0.3) is 5.52 Å². The van der Waals surface area contributed by atoms with Crippen LogP contribution in [0.5, 0.6) is 0 Å². The first kappa shape index (κ1) is 20.7. The van der Waals surface area contributed by atoms with Crippen molar-refractivity contribution in [2.75, 3.05) is 11.9 Å². The zero-order valence-corrected chi connectivity index (χ0v) is 18.0. The molecule has 1 aliphatic heterocycles. The van der Waals surface area contributed by atoms with Crippen molar-refractivity contribution in [2.24, 2.45) is 0 Å². The summed E-state index contributed by atoms with van der Waals surface area (Å²) in [7, 11) is 0. The van der Waals surface area contributed by atoms with Crippen molar-refractivity contribution < 1.29 is 18.7 Å². The van der Waals surface area contributed by atoms with Gasteiger partial charge in [-0.15, -0.1) is 0 Å². The number of nitrogens with zero attached hydrogens (tertiary/aromatic N) is 4. The van der Waals surface area contributed by atoms with Gasteiger partial charge in [-0.3, -0.25) is 5.10 Å². The Morgan fingerprint density at radius 3 is 3.06 bits per heavy atom. The van der Waals surface area contributed by atoms with Gasteiger partial charge in [0.15, 0.2) is 23.9 Å². The molecular weight excluding hydrogens is 417 g/mol. The second kappa shape index (κ2) is 8.38. The molecule has 1 aliphatic carbocycles. The highest BCUT2D eigenvalue weighted by molar-refractivity contribution is 5.76. The van der Waals surface area contributed by atoms with Gasteiger partial charge in [0.05, 0.1) is 18.0 Å². The molecule has 1 amide bonds. The number of alkyl halides is 1. The summed E-state index contributed by atoms with van der Waals surface area (Å²) in [6.07, 6.45) is 3.68. The maximum absolute atomic E-state index is 14.9. The van der Waals surface area contributed by atoms with Crippen LogP contribution in [0.3, 0.4) is 0 Å². The van der Waals surface area contributed by atoms with Crippen LogP contribution in [0, 0.1) is 0 Å². The average Bonchev–Trinajstić information content (AvgIpc) is 3.45. The quantitative estimate of drug-likeness (QED) is 0.555. The molecule has 11 heteroatoms. The van der Waals surface area contributed by atoms with Gasteiger partial charge in [-0.2, -0.15) is 10.2 Å². The van der Waals surface area contributed by atoms with Crippen molar-refractivity contribution in [1.82, 2.24) is 30.1 Å². The summed E-state index contributed by atoms with van der Waals surface area (Å²) in [6, 6.07) is 1.58. The highest BCUT2D eigenvalue weighted by Gasteiger charge is 2.42. The minimum Gasteiger partial charge on any atom is -0.441 e. The monoisotopic (exact) mass is 443 g/mol. The summed E-state index contributed by atoms with van der Waals surface area (Å²) in [6.45, 7) is 3.58. The van der Waals surface area contributed by atoms with Crippen LogP contribution in [0.1, 0.15) is 49.7 Å². The number of aromatic amines is 1. The lowest BCUT2D eigenvalue weighted by Crippen LogP contribution is -2.36. The van der Waals surface area contributed by atoms with E-state index in [0.29, 0.717) is 17.3 Å². The molecule has 1 saturated heterocycles. The predicted molar refractivity (Wildman–Crippen MR) is 114 cm³/mol. The van der Waals surface area contributed by atoms with E-state index in [1.54, 1.807) is 26.1 Å². The van der Waals surface area contributed by atoms with Gasteiger partial charge in [-0.1, -0.05) is 0 Å². The molecule has 0 bridgehead atoms. The zero-order valence-electron chi connectivity index (χ0n) is 18.0. The highest BCUT2D eigenvalue weighted by Crippen LogP contribution is 2.34. The van der Waals surface area contributed by atoms with Crippen LogP contribution in [0.4, 0.5) is 20.8 Å². The molecule has 4 heterocycles. The Bertz CT molecular complexity index is 1130. The molecule has 0 radical (unpaired) electrons. The third-order valence-electron chi connectivity index (χ3n) is 5.72. The fourth-order valence-corrected chi connectivity index (χ4v) is 4.27. The van der Waals surface area contributed by atoms with E-state index in [2.05, 4.69) is 30.9 Å². The van der Waals surface area contributed by atoms with Crippen LogP contribution in [0.2, 0.25) is 0 Å². The number of carbonyl (C=O) groups excluding carboxylic acids is 1. The van der Waals surface area contributed by atoms with E-state index in [1.165, 1.54) is 5.56 Å². The zero-order chi connectivity index (χ0) is 22.2. The van der Waals surface area contributed by atoms with Crippen LogP contribution >= 0.6 is 0 Å². The second-order valence-corrected chi connectivity index (χ2v) is 8.48. The topological polar surface area (TPSA) is 118 Å². The number of anilines is 2. The molecule has 5 rings (SSSR count). The predicted octanol–water partition coefficient (Wildman–Crippen LogP) is 2.99. The van der Waals surface area contributed by atoms with Crippen molar-refractivity contribution in [3.05, 3.63) is 35.4 Å². The van der Waals surface area contributed by atoms with Crippen molar-refractivity contribution in [3.63, 3.8) is 0 Å². The van der Waals surface area contributed by atoms with Crippen molar-refractivity contribution >= 4 is 23.2 Å². The number of halogens is 1. The van der Waals surface area contributed by atoms with E-state index in [1.807, 2.05) is 10.7 Å². The number of alkyl carbamates (subject to hydrolysis) is 1. The largest absolute Gasteiger partial charge is 0.441 e. The molecule has 0 saturated carbocycles. The fourth-order valence-electron chi connectivity index (χ4n) is 4.27. The summed E-state index contributed by atoms with van der Waals surface area (Å²) in [5.41, 5.74) is 3.72. The standard InChI is InChI=1S/C21H26FN7O3/c1-11(2)24-21(30)32-15-10-31-19(17(15)22)14-9-16(27-26-14)25-20-18-12-5-3-4-6-13(12)28-29(18)8-7-23-20/h7-9,11,15,17,19H,3-6,10H2,1-2H3,(H,24,30)(H2,23,25,26,27). The number of H-pyrrole nitrogens is 1. The number of ether oxygens (including phenoxy) is 2. The lowest BCUT2D eigenvalue weighted by molar-refractivity contribution is 0.0615. The first-order chi connectivity index (χ1) is 15.5. The van der Waals surface area contributed by atoms with Crippen molar-refractivity contribution in [3.8, 4) is 0 Å². The molecule has 3 aromatic heterocycles. The van der Waals surface area contributed by atoms with E-state index in [9.17, 15) is 9.18 Å². The Kier molecular flexibility index (Phi) is 5.41. The molecule has 0 aromatic carbocycles. The van der Waals surface area contributed by atoms with Gasteiger partial charge < -0.3 is 20.1 Å². The van der Waals surface area contributed by atoms with Gasteiger partial charge in [0.2, 0.25) is 0 Å². The smallest absolute Gasteiger partial charge is 0.407 e. The van der Waals surface area contributed by atoms with Crippen molar-refractivity contribution in [2.45, 2.75) is 64.0 Å². The lowest BCUT2D eigenvalue weighted by atomic mass is 9.97. The van der Waals surface area contributed by atoms with Crippen molar-refractivity contribution in [1.29, 1.82) is 0 Å². The van der Waals surface area contributed by atoms with E-state index >= 15 is 0 Å². The average molecular weight is 443 g/mol. The van der Waals surface area contributed by atoms with E-state index in [0.717, 1.165) is 36.9 Å². The minimum atomic E-state index is -1.51. The molecule has 1 fully saturated rings. The Labute approximate surface area is 183 Å². The molecule has 0 spiro atoms. The first-order valence-electron chi connectivity index (χ1n) is 10.9. The molecule has 3 N–H and O–H groups in total. The molecule has 3 unspecified atom stereocenters. The Hall–Kier alpha value is -3.21. The lowest BCUT2D eigenvalue weighted by Gasteiger charge is -2.16. The summed E-state index contributed by atoms with van der Waals surface area (Å²) < 4.78 is 27.5. The molecule has 2 aliphatic rings. The Morgan fingerprint density at radius 1 is 1.38 bits per heavy atom. The number of aryl methyl sites for hydroxylation is 2. The van der Waals surface area contributed by atoms with Gasteiger partial charge >= 0.3 is 6.09 Å². The Morgan fingerprint density at radius 2 is 2.22 bits per heavy atom. The number of hydrogen-bond donors (Lipinski definition) is 3. The van der Waals surface area contributed by atoms with Crippen LogP contribution in [-0.4, -0.2) is 55.8 Å². The first-order valence-corrected chi connectivity index (χ1v) is 10.9. The summed E-state index contributed by atoms with van der Waals surface area (Å²) in [5, 5.41) is 17.5. The molecular formula is C21H26FN7O3. The second-order valence-electron chi connectivity index (χ2n) is 8.48. The van der Waals surface area contributed by atoms with E-state index in [-0.39, 0.29) is 12.6 Å². The van der Waals surface area contributed by atoms with Gasteiger partial charge in [0.25, 0.3) is 0 Å². The molecule has 32 heavy (non-hydrogen) atoms. The fraction of sp³-hybridized carbons (Fsp3) is 0.524. The molecule has 10 nitrogen and oxygen atoms in total. The van der Waals surface area contributed by atoms with E-state index in [4.69, 9.17) is 9.47 Å². The molecule has 3 aromatic rings. The third-order valence-corrected chi connectivity index (χ3v) is 5.72. The van der Waals surface area contributed by atoms with E-state index < -0.39 is 24.5 Å².